The third-order valence-electron chi connectivity index (χ3n) is 5.30. The van der Waals surface area contributed by atoms with Gasteiger partial charge in [0.05, 0.1) is 0 Å². The Morgan fingerprint density at radius 2 is 1.00 bits per heavy atom. The Hall–Kier alpha value is -3.28. The maximum atomic E-state index is 4.21. The van der Waals surface area contributed by atoms with Crippen LogP contribution in [0.25, 0.3) is 44.2 Å². The molecule has 0 N–H and O–H groups in total. The average Bonchev–Trinajstić information content (AvgIpc) is 2.79. The van der Waals surface area contributed by atoms with E-state index in [1.54, 1.807) is 6.20 Å². The molecule has 0 saturated carbocycles. The van der Waals surface area contributed by atoms with Crippen molar-refractivity contribution < 1.29 is 0 Å². The highest BCUT2D eigenvalue weighted by molar-refractivity contribution is 7.27. The smallest absolute Gasteiger partial charge is 0.0346 e. The number of pyridine rings is 1. The van der Waals surface area contributed by atoms with Gasteiger partial charge in [0.2, 0.25) is 0 Å². The number of hydrogen-bond acceptors (Lipinski definition) is 1. The lowest BCUT2D eigenvalue weighted by atomic mass is 9.96. The van der Waals surface area contributed by atoms with Gasteiger partial charge in [0, 0.05) is 12.4 Å². The van der Waals surface area contributed by atoms with Crippen molar-refractivity contribution in [1.29, 1.82) is 0 Å². The standard InChI is InChI=1S/C27H20NP/c29-27-13-11-20(12-14-27)24-10-8-22-7-9-23(16-26(22)17-24)19-3-5-21(6-4-19)25-2-1-15-28-18-25/h1-18H,29H2. The van der Waals surface area contributed by atoms with Crippen LogP contribution in [0.1, 0.15) is 0 Å². The predicted molar refractivity (Wildman–Crippen MR) is 127 cm³/mol. The van der Waals surface area contributed by atoms with E-state index in [2.05, 4.69) is 105 Å². The summed E-state index contributed by atoms with van der Waals surface area (Å²) in [7, 11) is 2.74. The first-order chi connectivity index (χ1) is 14.3. The minimum atomic E-state index is 1.14. The van der Waals surface area contributed by atoms with E-state index < -0.39 is 0 Å². The quantitative estimate of drug-likeness (QED) is 0.312. The summed E-state index contributed by atoms with van der Waals surface area (Å²) in [5, 5.41) is 3.71. The Kier molecular flexibility index (Phi) is 4.68. The van der Waals surface area contributed by atoms with Gasteiger partial charge >= 0.3 is 0 Å². The lowest BCUT2D eigenvalue weighted by Gasteiger charge is -2.08. The molecule has 0 saturated heterocycles. The Labute approximate surface area is 173 Å². The lowest BCUT2D eigenvalue weighted by Crippen LogP contribution is -1.88. The van der Waals surface area contributed by atoms with Crippen molar-refractivity contribution in [2.75, 3.05) is 0 Å². The van der Waals surface area contributed by atoms with Crippen LogP contribution in [0.3, 0.4) is 0 Å². The van der Waals surface area contributed by atoms with Gasteiger partial charge in [-0.05, 0) is 67.7 Å². The van der Waals surface area contributed by atoms with E-state index in [1.807, 2.05) is 12.3 Å². The fourth-order valence-electron chi connectivity index (χ4n) is 3.67. The Morgan fingerprint density at radius 1 is 0.483 bits per heavy atom. The van der Waals surface area contributed by atoms with Gasteiger partial charge < -0.3 is 0 Å². The van der Waals surface area contributed by atoms with Crippen molar-refractivity contribution in [2.45, 2.75) is 0 Å². The highest BCUT2D eigenvalue weighted by Crippen LogP contribution is 2.30. The molecular formula is C27H20NP. The molecule has 1 aromatic heterocycles. The van der Waals surface area contributed by atoms with E-state index in [1.165, 1.54) is 43.9 Å². The van der Waals surface area contributed by atoms with E-state index in [-0.39, 0.29) is 0 Å². The largest absolute Gasteiger partial charge is 0.264 e. The zero-order chi connectivity index (χ0) is 19.6. The summed E-state index contributed by atoms with van der Waals surface area (Å²) < 4.78 is 0. The third-order valence-corrected chi connectivity index (χ3v) is 5.68. The third kappa shape index (κ3) is 3.70. The van der Waals surface area contributed by atoms with Crippen molar-refractivity contribution in [3.05, 3.63) is 109 Å². The minimum absolute atomic E-state index is 1.14. The number of nitrogens with zero attached hydrogens (tertiary/aromatic N) is 1. The van der Waals surface area contributed by atoms with E-state index in [0.29, 0.717) is 0 Å². The van der Waals surface area contributed by atoms with Gasteiger partial charge in [-0.3, -0.25) is 4.98 Å². The van der Waals surface area contributed by atoms with E-state index in [0.717, 1.165) is 5.56 Å². The van der Waals surface area contributed by atoms with Gasteiger partial charge in [-0.15, -0.1) is 9.24 Å². The second-order valence-electron chi connectivity index (χ2n) is 7.22. The van der Waals surface area contributed by atoms with Gasteiger partial charge in [-0.2, -0.15) is 0 Å². The van der Waals surface area contributed by atoms with E-state index >= 15 is 0 Å². The number of rotatable bonds is 3. The second kappa shape index (κ2) is 7.62. The molecule has 5 rings (SSSR count). The molecule has 0 bridgehead atoms. The van der Waals surface area contributed by atoms with Crippen molar-refractivity contribution in [1.82, 2.24) is 4.98 Å². The molecular weight excluding hydrogens is 369 g/mol. The van der Waals surface area contributed by atoms with Crippen LogP contribution < -0.4 is 5.30 Å². The summed E-state index contributed by atoms with van der Waals surface area (Å²) in [5.74, 6) is 0. The Bertz CT molecular complexity index is 1270. The molecule has 1 heterocycles. The number of aromatic nitrogens is 1. The summed E-state index contributed by atoms with van der Waals surface area (Å²) in [6, 6.07) is 34.7. The SMILES string of the molecule is Pc1ccc(-c2ccc3ccc(-c4ccc(-c5cccnc5)cc4)cc3c2)cc1. The van der Waals surface area contributed by atoms with Crippen LogP contribution in [0.2, 0.25) is 0 Å². The maximum Gasteiger partial charge on any atom is 0.0346 e. The first-order valence-corrected chi connectivity index (χ1v) is 10.2. The van der Waals surface area contributed by atoms with Gasteiger partial charge in [0.15, 0.2) is 0 Å². The van der Waals surface area contributed by atoms with Crippen molar-refractivity contribution in [3.63, 3.8) is 0 Å². The second-order valence-corrected chi connectivity index (χ2v) is 7.88. The van der Waals surface area contributed by atoms with E-state index in [4.69, 9.17) is 0 Å². The molecule has 1 atom stereocenters. The lowest BCUT2D eigenvalue weighted by molar-refractivity contribution is 1.33. The van der Waals surface area contributed by atoms with Crippen LogP contribution >= 0.6 is 9.24 Å². The van der Waals surface area contributed by atoms with Gasteiger partial charge in [0.1, 0.15) is 0 Å². The van der Waals surface area contributed by atoms with Crippen molar-refractivity contribution >= 4 is 25.3 Å². The molecule has 0 aliphatic carbocycles. The summed E-state index contributed by atoms with van der Waals surface area (Å²) >= 11 is 0. The normalized spacial score (nSPS) is 10.9. The fourth-order valence-corrected chi connectivity index (χ4v) is 3.86. The maximum absolute atomic E-state index is 4.21. The molecule has 2 heteroatoms. The topological polar surface area (TPSA) is 12.9 Å². The molecule has 29 heavy (non-hydrogen) atoms. The molecule has 0 aliphatic heterocycles. The Morgan fingerprint density at radius 3 is 1.55 bits per heavy atom. The van der Waals surface area contributed by atoms with Crippen LogP contribution in [0.5, 0.6) is 0 Å². The fraction of sp³-hybridized carbons (Fsp3) is 0. The van der Waals surface area contributed by atoms with Gasteiger partial charge in [-0.1, -0.05) is 78.9 Å². The summed E-state index contributed by atoms with van der Waals surface area (Å²) in [4.78, 5) is 4.21. The van der Waals surface area contributed by atoms with Crippen LogP contribution in [-0.2, 0) is 0 Å². The highest BCUT2D eigenvalue weighted by Gasteiger charge is 2.04. The Balaban J connectivity index is 1.51. The molecule has 4 aromatic carbocycles. The molecule has 0 fully saturated rings. The molecule has 0 amide bonds. The predicted octanol–water partition coefficient (Wildman–Crippen LogP) is 6.74. The molecule has 1 unspecified atom stereocenters. The summed E-state index contributed by atoms with van der Waals surface area (Å²) in [6.45, 7) is 0. The number of benzene rings is 4. The van der Waals surface area contributed by atoms with Crippen LogP contribution in [-0.4, -0.2) is 4.98 Å². The highest BCUT2D eigenvalue weighted by atomic mass is 31.0. The van der Waals surface area contributed by atoms with Gasteiger partial charge in [0.25, 0.3) is 0 Å². The van der Waals surface area contributed by atoms with Crippen LogP contribution in [0.15, 0.2) is 109 Å². The van der Waals surface area contributed by atoms with Crippen molar-refractivity contribution in [3.8, 4) is 33.4 Å². The average molecular weight is 389 g/mol. The summed E-state index contributed by atoms with van der Waals surface area (Å²) in [5.41, 5.74) is 7.25. The van der Waals surface area contributed by atoms with Gasteiger partial charge in [-0.25, -0.2) is 0 Å². The summed E-state index contributed by atoms with van der Waals surface area (Å²) in [6.07, 6.45) is 3.70. The van der Waals surface area contributed by atoms with Crippen LogP contribution in [0.4, 0.5) is 0 Å². The monoisotopic (exact) mass is 389 g/mol. The molecule has 1 nitrogen and oxygen atoms in total. The van der Waals surface area contributed by atoms with E-state index in [9.17, 15) is 0 Å². The minimum Gasteiger partial charge on any atom is -0.264 e. The zero-order valence-electron chi connectivity index (χ0n) is 15.9. The number of fused-ring (bicyclic) bond motifs is 1. The molecule has 0 radical (unpaired) electrons. The first kappa shape index (κ1) is 17.8. The molecule has 5 aromatic rings. The van der Waals surface area contributed by atoms with Crippen molar-refractivity contribution in [2.24, 2.45) is 0 Å². The molecule has 0 aliphatic rings. The molecule has 138 valence electrons. The first-order valence-electron chi connectivity index (χ1n) is 9.67. The number of hydrogen-bond donors (Lipinski definition) is 0. The van der Waals surface area contributed by atoms with Crippen LogP contribution in [0, 0.1) is 0 Å². The zero-order valence-corrected chi connectivity index (χ0v) is 17.1. The molecule has 0 spiro atoms.